The van der Waals surface area contributed by atoms with Crippen molar-refractivity contribution in [3.8, 4) is 0 Å². The molecule has 5 nitrogen and oxygen atoms in total. The molecule has 1 aliphatic heterocycles. The lowest BCUT2D eigenvalue weighted by molar-refractivity contribution is -0.127. The van der Waals surface area contributed by atoms with Crippen molar-refractivity contribution in [3.05, 3.63) is 47.5 Å². The fourth-order valence-electron chi connectivity index (χ4n) is 2.84. The number of nitrogens with zero attached hydrogens (tertiary/aromatic N) is 1. The lowest BCUT2D eigenvalue weighted by Gasteiger charge is -2.32. The number of hydrogen-bond donors (Lipinski definition) is 1. The molecular weight excluding hydrogens is 344 g/mol. The van der Waals surface area contributed by atoms with Crippen molar-refractivity contribution in [2.75, 3.05) is 0 Å². The molecule has 1 aromatic rings. The van der Waals surface area contributed by atoms with Crippen LogP contribution in [-0.2, 0) is 16.0 Å². The second kappa shape index (κ2) is 7.53. The predicted octanol–water partition coefficient (Wildman–Crippen LogP) is 3.21. The van der Waals surface area contributed by atoms with E-state index in [1.54, 1.807) is 27.7 Å². The Hall–Kier alpha value is -2.28. The van der Waals surface area contributed by atoms with E-state index in [9.17, 15) is 23.5 Å². The minimum atomic E-state index is -1.11. The van der Waals surface area contributed by atoms with Crippen LogP contribution in [0.3, 0.4) is 0 Å². The quantitative estimate of drug-likeness (QED) is 0.887. The number of aliphatic hydroxyl groups is 1. The number of ether oxygens (including phenoxy) is 1. The van der Waals surface area contributed by atoms with E-state index in [1.165, 1.54) is 24.3 Å². The minimum Gasteiger partial charge on any atom is -0.443 e. The average Bonchev–Trinajstić information content (AvgIpc) is 2.85. The lowest BCUT2D eigenvalue weighted by atomic mass is 9.91. The van der Waals surface area contributed by atoms with Gasteiger partial charge in [0.1, 0.15) is 17.2 Å². The van der Waals surface area contributed by atoms with Gasteiger partial charge in [-0.15, -0.1) is 0 Å². The fourth-order valence-corrected chi connectivity index (χ4v) is 2.84. The molecule has 1 heterocycles. The third kappa shape index (κ3) is 4.88. The van der Waals surface area contributed by atoms with Crippen LogP contribution in [0.5, 0.6) is 0 Å². The van der Waals surface area contributed by atoms with Gasteiger partial charge in [0.2, 0.25) is 0 Å². The van der Waals surface area contributed by atoms with Crippen LogP contribution < -0.4 is 0 Å². The molecule has 2 rings (SSSR count). The van der Waals surface area contributed by atoms with E-state index in [0.29, 0.717) is 5.56 Å². The van der Waals surface area contributed by atoms with E-state index in [2.05, 4.69) is 0 Å². The highest BCUT2D eigenvalue weighted by Crippen LogP contribution is 2.25. The number of carbonyl (C=O) groups is 2. The fraction of sp³-hybridized carbons (Fsp3) is 0.474. The highest BCUT2D eigenvalue weighted by Gasteiger charge is 2.40. The van der Waals surface area contributed by atoms with Gasteiger partial charge in [0.15, 0.2) is 0 Å². The molecule has 1 aliphatic rings. The monoisotopic (exact) mass is 367 g/mol. The van der Waals surface area contributed by atoms with Gasteiger partial charge in [-0.05, 0) is 50.8 Å². The average molecular weight is 367 g/mol. The van der Waals surface area contributed by atoms with Crippen LogP contribution in [0.2, 0.25) is 0 Å². The molecule has 0 bridgehead atoms. The SMILES string of the molecule is C[C@@H](Cc1cc(F)cc(F)c1)[C@H](O)[C@H]1C=CC(=O)N1C(=O)OC(C)(C)C. The maximum atomic E-state index is 13.3. The Morgan fingerprint density at radius 3 is 2.38 bits per heavy atom. The first-order chi connectivity index (χ1) is 12.0. The normalized spacial score (nSPS) is 19.6. The van der Waals surface area contributed by atoms with Crippen LogP contribution in [-0.4, -0.2) is 39.8 Å². The number of hydrogen-bond acceptors (Lipinski definition) is 4. The molecule has 0 spiro atoms. The van der Waals surface area contributed by atoms with Crippen LogP contribution in [0.4, 0.5) is 13.6 Å². The van der Waals surface area contributed by atoms with Crippen molar-refractivity contribution in [2.24, 2.45) is 5.92 Å². The van der Waals surface area contributed by atoms with Crippen molar-refractivity contribution in [2.45, 2.75) is 51.9 Å². The molecule has 142 valence electrons. The van der Waals surface area contributed by atoms with E-state index in [-0.39, 0.29) is 6.42 Å². The van der Waals surface area contributed by atoms with E-state index in [1.807, 2.05) is 0 Å². The molecule has 0 aliphatic carbocycles. The summed E-state index contributed by atoms with van der Waals surface area (Å²) in [5, 5.41) is 10.6. The van der Waals surface area contributed by atoms with Gasteiger partial charge in [-0.25, -0.2) is 18.5 Å². The molecule has 0 saturated carbocycles. The first kappa shape index (κ1) is 20.0. The molecule has 1 N–H and O–H groups in total. The Labute approximate surface area is 151 Å². The summed E-state index contributed by atoms with van der Waals surface area (Å²) in [5.74, 6) is -2.45. The summed E-state index contributed by atoms with van der Waals surface area (Å²) in [6, 6.07) is 2.25. The van der Waals surface area contributed by atoms with Crippen molar-refractivity contribution >= 4 is 12.0 Å². The van der Waals surface area contributed by atoms with Gasteiger partial charge >= 0.3 is 6.09 Å². The van der Waals surface area contributed by atoms with Gasteiger partial charge in [0.25, 0.3) is 5.91 Å². The van der Waals surface area contributed by atoms with Crippen LogP contribution in [0, 0.1) is 17.6 Å². The summed E-state index contributed by atoms with van der Waals surface area (Å²) in [7, 11) is 0. The number of halogens is 2. The summed E-state index contributed by atoms with van der Waals surface area (Å²) >= 11 is 0. The van der Waals surface area contributed by atoms with Crippen LogP contribution in [0.15, 0.2) is 30.4 Å². The second-order valence-electron chi connectivity index (χ2n) is 7.49. The van der Waals surface area contributed by atoms with E-state index >= 15 is 0 Å². The maximum absolute atomic E-state index is 13.3. The molecule has 0 aromatic heterocycles. The minimum absolute atomic E-state index is 0.177. The maximum Gasteiger partial charge on any atom is 0.417 e. The van der Waals surface area contributed by atoms with Crippen molar-refractivity contribution < 1.29 is 28.2 Å². The summed E-state index contributed by atoms with van der Waals surface area (Å²) in [6.07, 6.45) is 0.847. The zero-order chi connectivity index (χ0) is 19.6. The molecular formula is C19H23F2NO4. The number of amides is 2. The molecule has 0 saturated heterocycles. The van der Waals surface area contributed by atoms with Gasteiger partial charge in [0, 0.05) is 12.1 Å². The number of aliphatic hydroxyl groups excluding tert-OH is 1. The molecule has 26 heavy (non-hydrogen) atoms. The van der Waals surface area contributed by atoms with Gasteiger partial charge in [-0.1, -0.05) is 13.0 Å². The number of carbonyl (C=O) groups excluding carboxylic acids is 2. The second-order valence-corrected chi connectivity index (χ2v) is 7.49. The highest BCUT2D eigenvalue weighted by atomic mass is 19.1. The molecule has 1 aromatic carbocycles. The highest BCUT2D eigenvalue weighted by molar-refractivity contribution is 6.01. The number of rotatable bonds is 4. The number of benzene rings is 1. The summed E-state index contributed by atoms with van der Waals surface area (Å²) in [4.78, 5) is 25.2. The largest absolute Gasteiger partial charge is 0.443 e. The van der Waals surface area contributed by atoms with Gasteiger partial charge in [-0.3, -0.25) is 4.79 Å². The standard InChI is InChI=1S/C19H23F2NO4/c1-11(7-12-8-13(20)10-14(21)9-12)17(24)15-5-6-16(23)22(15)18(25)26-19(2,3)4/h5-6,8-11,15,17,24H,7H2,1-4H3/t11-,15+,17-/m0/s1. The molecule has 0 fully saturated rings. The van der Waals surface area contributed by atoms with E-state index in [4.69, 9.17) is 4.74 Å². The Bertz CT molecular complexity index is 706. The lowest BCUT2D eigenvalue weighted by Crippen LogP contribution is -2.49. The van der Waals surface area contributed by atoms with Crippen LogP contribution >= 0.6 is 0 Å². The van der Waals surface area contributed by atoms with Crippen molar-refractivity contribution in [1.82, 2.24) is 4.90 Å². The first-order valence-corrected chi connectivity index (χ1v) is 8.35. The summed E-state index contributed by atoms with van der Waals surface area (Å²) in [5.41, 5.74) is -0.411. The molecule has 0 unspecified atom stereocenters. The molecule has 2 amide bonds. The molecule has 7 heteroatoms. The topological polar surface area (TPSA) is 66.8 Å². The van der Waals surface area contributed by atoms with Crippen molar-refractivity contribution in [1.29, 1.82) is 0 Å². The molecule has 3 atom stereocenters. The van der Waals surface area contributed by atoms with Gasteiger partial charge < -0.3 is 9.84 Å². The predicted molar refractivity (Wildman–Crippen MR) is 91.2 cm³/mol. The Balaban J connectivity index is 2.13. The third-order valence-corrected chi connectivity index (χ3v) is 3.97. The zero-order valence-electron chi connectivity index (χ0n) is 15.2. The number of imide groups is 1. The van der Waals surface area contributed by atoms with Crippen molar-refractivity contribution in [3.63, 3.8) is 0 Å². The Morgan fingerprint density at radius 2 is 1.85 bits per heavy atom. The van der Waals surface area contributed by atoms with E-state index < -0.39 is 47.3 Å². The zero-order valence-corrected chi connectivity index (χ0v) is 15.2. The molecule has 0 radical (unpaired) electrons. The van der Waals surface area contributed by atoms with Crippen LogP contribution in [0.1, 0.15) is 33.3 Å². The van der Waals surface area contributed by atoms with E-state index in [0.717, 1.165) is 11.0 Å². The smallest absolute Gasteiger partial charge is 0.417 e. The third-order valence-electron chi connectivity index (χ3n) is 3.97. The van der Waals surface area contributed by atoms with Gasteiger partial charge in [-0.2, -0.15) is 0 Å². The summed E-state index contributed by atoms with van der Waals surface area (Å²) < 4.78 is 31.9. The first-order valence-electron chi connectivity index (χ1n) is 8.35. The van der Waals surface area contributed by atoms with Crippen LogP contribution in [0.25, 0.3) is 0 Å². The van der Waals surface area contributed by atoms with Gasteiger partial charge in [0.05, 0.1) is 12.1 Å². The Morgan fingerprint density at radius 1 is 1.27 bits per heavy atom. The Kier molecular flexibility index (Phi) is 5.81. The summed E-state index contributed by atoms with van der Waals surface area (Å²) in [6.45, 7) is 6.69.